The van der Waals surface area contributed by atoms with Crippen molar-refractivity contribution in [3.8, 4) is 0 Å². The minimum Gasteiger partial charge on any atom is -0.462 e. The molecule has 0 N–H and O–H groups in total. The second-order valence-electron chi connectivity index (χ2n) is 17.4. The highest BCUT2D eigenvalue weighted by Crippen LogP contribution is 2.13. The molecule has 0 aliphatic heterocycles. The highest BCUT2D eigenvalue weighted by molar-refractivity contribution is 5.71. The summed E-state index contributed by atoms with van der Waals surface area (Å²) in [5.74, 6) is -1.01. The molecule has 0 amide bonds. The Morgan fingerprint density at radius 1 is 0.313 bits per heavy atom. The first kappa shape index (κ1) is 62.8. The first-order chi connectivity index (χ1) is 33.0. The van der Waals surface area contributed by atoms with E-state index in [1.165, 1.54) is 51.4 Å². The van der Waals surface area contributed by atoms with Crippen LogP contribution in [-0.4, -0.2) is 37.2 Å². The zero-order valence-corrected chi connectivity index (χ0v) is 43.1. The van der Waals surface area contributed by atoms with Gasteiger partial charge in [-0.3, -0.25) is 14.4 Å². The molecule has 0 saturated carbocycles. The van der Waals surface area contributed by atoms with Gasteiger partial charge in [-0.2, -0.15) is 0 Å². The summed E-state index contributed by atoms with van der Waals surface area (Å²) in [6.45, 7) is 6.32. The Labute approximate surface area is 412 Å². The minimum absolute atomic E-state index is 0.115. The van der Waals surface area contributed by atoms with Gasteiger partial charge in [0.05, 0.1) is 0 Å². The molecule has 0 fully saturated rings. The summed E-state index contributed by atoms with van der Waals surface area (Å²) in [6.07, 6.45) is 74.7. The maximum Gasteiger partial charge on any atom is 0.306 e. The van der Waals surface area contributed by atoms with Crippen molar-refractivity contribution in [2.75, 3.05) is 13.2 Å². The van der Waals surface area contributed by atoms with Crippen molar-refractivity contribution in [3.05, 3.63) is 122 Å². The summed E-state index contributed by atoms with van der Waals surface area (Å²) in [7, 11) is 0. The quantitative estimate of drug-likeness (QED) is 0.0262. The molecule has 0 aromatic carbocycles. The van der Waals surface area contributed by atoms with E-state index in [2.05, 4.69) is 142 Å². The lowest BCUT2D eigenvalue weighted by Gasteiger charge is -2.18. The van der Waals surface area contributed by atoms with Crippen molar-refractivity contribution in [1.82, 2.24) is 0 Å². The number of rotatable bonds is 47. The second kappa shape index (κ2) is 54.4. The van der Waals surface area contributed by atoms with E-state index in [1.54, 1.807) is 0 Å². The molecule has 0 spiro atoms. The standard InChI is InChI=1S/C61H98O6/c1-4-7-10-13-16-19-22-25-28-30-33-35-38-41-44-47-50-53-59(62)65-56-58(67-61(64)55-52-49-46-43-40-37-32-27-24-21-18-15-12-9-6-3)57-66-60(63)54-51-48-45-42-39-36-34-31-29-26-23-20-17-14-11-8-5-2/h7-8,10-11,16-17,19-20,25-29,32-36,41,44,58H,4-6,9,12-15,18,21-24,30-31,37-40,42-43,45-57H2,1-3H3/b10-7-,11-8-,19-16-,20-17-,28-25-,29-26-,32-27-,35-33-,36-34-,44-41-/t58-/m1/s1. The van der Waals surface area contributed by atoms with Crippen molar-refractivity contribution in [2.45, 2.75) is 232 Å². The van der Waals surface area contributed by atoms with Gasteiger partial charge in [0.2, 0.25) is 0 Å². The van der Waals surface area contributed by atoms with Gasteiger partial charge in [0.1, 0.15) is 13.2 Å². The fraction of sp³-hybridized carbons (Fsp3) is 0.623. The third kappa shape index (κ3) is 52.6. The molecule has 0 rings (SSSR count). The van der Waals surface area contributed by atoms with Gasteiger partial charge in [-0.05, 0) is 122 Å². The number of hydrogen-bond donors (Lipinski definition) is 0. The molecule has 0 unspecified atom stereocenters. The van der Waals surface area contributed by atoms with E-state index in [0.29, 0.717) is 19.3 Å². The smallest absolute Gasteiger partial charge is 0.306 e. The predicted molar refractivity (Wildman–Crippen MR) is 288 cm³/mol. The molecule has 0 aromatic heterocycles. The number of allylic oxidation sites excluding steroid dienone is 20. The van der Waals surface area contributed by atoms with Gasteiger partial charge in [0.15, 0.2) is 6.10 Å². The molecular weight excluding hydrogens is 829 g/mol. The van der Waals surface area contributed by atoms with Crippen molar-refractivity contribution >= 4 is 17.9 Å². The van der Waals surface area contributed by atoms with Crippen LogP contribution in [0.25, 0.3) is 0 Å². The number of hydrogen-bond acceptors (Lipinski definition) is 6. The number of ether oxygens (including phenoxy) is 3. The van der Waals surface area contributed by atoms with E-state index in [0.717, 1.165) is 128 Å². The molecule has 6 heteroatoms. The molecule has 0 radical (unpaired) electrons. The van der Waals surface area contributed by atoms with Gasteiger partial charge in [-0.15, -0.1) is 0 Å². The van der Waals surface area contributed by atoms with Crippen LogP contribution in [0.5, 0.6) is 0 Å². The number of carbonyl (C=O) groups excluding carboxylic acids is 3. The summed E-state index contributed by atoms with van der Waals surface area (Å²) < 4.78 is 16.8. The van der Waals surface area contributed by atoms with E-state index in [9.17, 15) is 14.4 Å². The molecule has 0 bridgehead atoms. The lowest BCUT2D eigenvalue weighted by atomic mass is 10.1. The molecular formula is C61H98O6. The average Bonchev–Trinajstić information content (AvgIpc) is 3.33. The molecule has 0 aromatic rings. The highest BCUT2D eigenvalue weighted by Gasteiger charge is 2.19. The van der Waals surface area contributed by atoms with Gasteiger partial charge in [0, 0.05) is 19.3 Å². The fourth-order valence-electron chi connectivity index (χ4n) is 6.93. The first-order valence-electron chi connectivity index (χ1n) is 27.0. The van der Waals surface area contributed by atoms with E-state index >= 15 is 0 Å². The van der Waals surface area contributed by atoms with Crippen LogP contribution >= 0.6 is 0 Å². The van der Waals surface area contributed by atoms with Crippen LogP contribution in [0.1, 0.15) is 226 Å². The Balaban J connectivity index is 4.55. The van der Waals surface area contributed by atoms with E-state index in [4.69, 9.17) is 14.2 Å². The van der Waals surface area contributed by atoms with E-state index < -0.39 is 6.10 Å². The SMILES string of the molecule is CC/C=C\C/C=C\C/C=C\C/C=C\C/C=C\CCCC(=O)OC[C@H](COC(=O)CCCCCC/C=C\C/C=C\C/C=C\C/C=C\CC)OC(=O)CCCCCCC/C=C\CCCCCCCC. The fourth-order valence-corrected chi connectivity index (χ4v) is 6.93. The van der Waals surface area contributed by atoms with E-state index in [-0.39, 0.29) is 37.5 Å². The largest absolute Gasteiger partial charge is 0.462 e. The van der Waals surface area contributed by atoms with Gasteiger partial charge >= 0.3 is 17.9 Å². The number of carbonyl (C=O) groups is 3. The number of esters is 3. The molecule has 67 heavy (non-hydrogen) atoms. The van der Waals surface area contributed by atoms with Crippen LogP contribution in [-0.2, 0) is 28.6 Å². The topological polar surface area (TPSA) is 78.9 Å². The third-order valence-electron chi connectivity index (χ3n) is 10.9. The van der Waals surface area contributed by atoms with Gasteiger partial charge < -0.3 is 14.2 Å². The summed E-state index contributed by atoms with van der Waals surface area (Å²) in [5, 5.41) is 0. The van der Waals surface area contributed by atoms with Gasteiger partial charge in [0.25, 0.3) is 0 Å². The average molecular weight is 927 g/mol. The summed E-state index contributed by atoms with van der Waals surface area (Å²) >= 11 is 0. The zero-order chi connectivity index (χ0) is 48.6. The lowest BCUT2D eigenvalue weighted by Crippen LogP contribution is -2.30. The Kier molecular flexibility index (Phi) is 51.0. The van der Waals surface area contributed by atoms with Crippen LogP contribution in [0.3, 0.4) is 0 Å². The zero-order valence-electron chi connectivity index (χ0n) is 43.1. The van der Waals surface area contributed by atoms with Crippen LogP contribution in [0.2, 0.25) is 0 Å². The first-order valence-corrected chi connectivity index (χ1v) is 27.0. The lowest BCUT2D eigenvalue weighted by molar-refractivity contribution is -0.167. The van der Waals surface area contributed by atoms with Gasteiger partial charge in [-0.1, -0.05) is 206 Å². The summed E-state index contributed by atoms with van der Waals surface area (Å²) in [5.41, 5.74) is 0. The second-order valence-corrected chi connectivity index (χ2v) is 17.4. The van der Waals surface area contributed by atoms with Crippen LogP contribution in [0.15, 0.2) is 122 Å². The third-order valence-corrected chi connectivity index (χ3v) is 10.9. The van der Waals surface area contributed by atoms with Crippen molar-refractivity contribution in [1.29, 1.82) is 0 Å². The molecule has 0 saturated heterocycles. The Bertz CT molecular complexity index is 1440. The van der Waals surface area contributed by atoms with Crippen LogP contribution in [0, 0.1) is 0 Å². The van der Waals surface area contributed by atoms with Crippen molar-refractivity contribution in [3.63, 3.8) is 0 Å². The van der Waals surface area contributed by atoms with Crippen LogP contribution in [0.4, 0.5) is 0 Å². The Morgan fingerprint density at radius 2 is 0.597 bits per heavy atom. The maximum atomic E-state index is 12.8. The molecule has 0 aliphatic rings. The Morgan fingerprint density at radius 3 is 0.985 bits per heavy atom. The maximum absolute atomic E-state index is 12.8. The molecule has 378 valence electrons. The van der Waals surface area contributed by atoms with Gasteiger partial charge in [-0.25, -0.2) is 0 Å². The predicted octanol–water partition coefficient (Wildman–Crippen LogP) is 18.1. The normalized spacial score (nSPS) is 13.1. The summed E-state index contributed by atoms with van der Waals surface area (Å²) in [6, 6.07) is 0. The molecule has 1 atom stereocenters. The Hall–Kier alpha value is -4.19. The molecule has 0 aliphatic carbocycles. The monoisotopic (exact) mass is 927 g/mol. The highest BCUT2D eigenvalue weighted by atomic mass is 16.6. The van der Waals surface area contributed by atoms with Crippen molar-refractivity contribution in [2.24, 2.45) is 0 Å². The van der Waals surface area contributed by atoms with Crippen molar-refractivity contribution < 1.29 is 28.6 Å². The van der Waals surface area contributed by atoms with E-state index in [1.807, 2.05) is 0 Å². The summed E-state index contributed by atoms with van der Waals surface area (Å²) in [4.78, 5) is 38.1. The number of unbranched alkanes of at least 4 members (excludes halogenated alkanes) is 16. The van der Waals surface area contributed by atoms with Crippen LogP contribution < -0.4 is 0 Å². The molecule has 6 nitrogen and oxygen atoms in total. The minimum atomic E-state index is -0.819. The molecule has 0 heterocycles.